The van der Waals surface area contributed by atoms with E-state index in [0.29, 0.717) is 17.1 Å². The number of rotatable bonds is 6. The van der Waals surface area contributed by atoms with Crippen LogP contribution in [0.5, 0.6) is 11.5 Å². The van der Waals surface area contributed by atoms with E-state index in [-0.39, 0.29) is 11.7 Å². The number of benzene rings is 2. The zero-order valence-electron chi connectivity index (χ0n) is 13.7. The van der Waals surface area contributed by atoms with E-state index in [1.54, 1.807) is 36.4 Å². The Morgan fingerprint density at radius 3 is 2.62 bits per heavy atom. The molecule has 1 N–H and O–H groups in total. The minimum absolute atomic E-state index is 0.0102. The lowest BCUT2D eigenvalue weighted by Crippen LogP contribution is -2.18. The molecule has 126 valence electrons. The molecule has 2 rings (SSSR count). The molecule has 0 radical (unpaired) electrons. The summed E-state index contributed by atoms with van der Waals surface area (Å²) in [5, 5.41) is 3.77. The number of carbonyl (C=O) groups is 1. The summed E-state index contributed by atoms with van der Waals surface area (Å²) in [5.74, 6) is 0.165. The smallest absolute Gasteiger partial charge is 0.271 e. The molecule has 0 bridgehead atoms. The van der Waals surface area contributed by atoms with Crippen LogP contribution >= 0.6 is 0 Å². The lowest BCUT2D eigenvalue weighted by molar-refractivity contribution is 0.0954. The molecule has 2 aromatic rings. The van der Waals surface area contributed by atoms with Crippen LogP contribution in [0.3, 0.4) is 0 Å². The number of ether oxygens (including phenoxy) is 2. The number of amides is 1. The molecule has 0 fully saturated rings. The maximum Gasteiger partial charge on any atom is 0.271 e. The zero-order chi connectivity index (χ0) is 17.5. The summed E-state index contributed by atoms with van der Waals surface area (Å²) in [6.07, 6.45) is 1.24. The summed E-state index contributed by atoms with van der Waals surface area (Å²) in [7, 11) is 1.50. The highest BCUT2D eigenvalue weighted by Crippen LogP contribution is 2.28. The third-order valence-electron chi connectivity index (χ3n) is 3.06. The lowest BCUT2D eigenvalue weighted by Gasteiger charge is -2.14. The van der Waals surface area contributed by atoms with Gasteiger partial charge in [0.05, 0.1) is 19.4 Å². The number of methoxy groups -OCH3 is 1. The second-order valence-electron chi connectivity index (χ2n) is 5.25. The third-order valence-corrected chi connectivity index (χ3v) is 3.06. The Labute approximate surface area is 140 Å². The summed E-state index contributed by atoms with van der Waals surface area (Å²) in [6, 6.07) is 11.0. The standard InChI is InChI=1S/C18H19FN2O3/c1-12(2)24-16-9-8-13(10-17(16)23-3)18(22)21-20-11-14-6-4-5-7-15(14)19/h4-12H,1-3H3,(H,21,22)/b20-11+. The number of hydrogen-bond acceptors (Lipinski definition) is 4. The molecule has 0 unspecified atom stereocenters. The minimum Gasteiger partial charge on any atom is -0.493 e. The van der Waals surface area contributed by atoms with Gasteiger partial charge in [0.1, 0.15) is 5.82 Å². The lowest BCUT2D eigenvalue weighted by atomic mass is 10.2. The largest absolute Gasteiger partial charge is 0.493 e. The van der Waals surface area contributed by atoms with Gasteiger partial charge in [0, 0.05) is 11.1 Å². The van der Waals surface area contributed by atoms with Crippen molar-refractivity contribution in [1.82, 2.24) is 5.43 Å². The molecular formula is C18H19FN2O3. The van der Waals surface area contributed by atoms with E-state index in [0.717, 1.165) is 0 Å². The zero-order valence-corrected chi connectivity index (χ0v) is 13.7. The van der Waals surface area contributed by atoms with Gasteiger partial charge in [0.25, 0.3) is 5.91 Å². The van der Waals surface area contributed by atoms with Crippen LogP contribution in [0.25, 0.3) is 0 Å². The van der Waals surface area contributed by atoms with Crippen molar-refractivity contribution in [3.8, 4) is 11.5 Å². The molecule has 24 heavy (non-hydrogen) atoms. The van der Waals surface area contributed by atoms with Crippen molar-refractivity contribution in [2.45, 2.75) is 20.0 Å². The van der Waals surface area contributed by atoms with Gasteiger partial charge in [0.2, 0.25) is 0 Å². The first kappa shape index (κ1) is 17.5. The highest BCUT2D eigenvalue weighted by atomic mass is 19.1. The van der Waals surface area contributed by atoms with Crippen molar-refractivity contribution in [2.24, 2.45) is 5.10 Å². The van der Waals surface area contributed by atoms with E-state index in [4.69, 9.17) is 9.47 Å². The fourth-order valence-corrected chi connectivity index (χ4v) is 1.96. The normalized spacial score (nSPS) is 10.9. The van der Waals surface area contributed by atoms with Crippen molar-refractivity contribution in [2.75, 3.05) is 7.11 Å². The first-order valence-electron chi connectivity index (χ1n) is 7.44. The van der Waals surface area contributed by atoms with Crippen LogP contribution < -0.4 is 14.9 Å². The van der Waals surface area contributed by atoms with Crippen molar-refractivity contribution in [1.29, 1.82) is 0 Å². The predicted molar refractivity (Wildman–Crippen MR) is 90.2 cm³/mol. The topological polar surface area (TPSA) is 59.9 Å². The minimum atomic E-state index is -0.433. The fraction of sp³-hybridized carbons (Fsp3) is 0.222. The Morgan fingerprint density at radius 1 is 1.21 bits per heavy atom. The average Bonchev–Trinajstić information content (AvgIpc) is 2.56. The molecule has 0 spiro atoms. The molecule has 0 saturated heterocycles. The Balaban J connectivity index is 2.08. The van der Waals surface area contributed by atoms with E-state index in [2.05, 4.69) is 10.5 Å². The first-order chi connectivity index (χ1) is 11.5. The summed E-state index contributed by atoms with van der Waals surface area (Å²) in [6.45, 7) is 3.80. The van der Waals surface area contributed by atoms with Crippen molar-refractivity contribution >= 4 is 12.1 Å². The monoisotopic (exact) mass is 330 g/mol. The fourth-order valence-electron chi connectivity index (χ4n) is 1.96. The molecule has 5 nitrogen and oxygen atoms in total. The van der Waals surface area contributed by atoms with Crippen LogP contribution in [0.2, 0.25) is 0 Å². The molecule has 0 saturated carbocycles. The van der Waals surface area contributed by atoms with Gasteiger partial charge in [-0.2, -0.15) is 5.10 Å². The Bertz CT molecular complexity index is 745. The van der Waals surface area contributed by atoms with E-state index in [1.807, 2.05) is 13.8 Å². The van der Waals surface area contributed by atoms with Gasteiger partial charge in [-0.3, -0.25) is 4.79 Å². The highest BCUT2D eigenvalue weighted by molar-refractivity contribution is 5.95. The molecule has 0 atom stereocenters. The van der Waals surface area contributed by atoms with Crippen molar-refractivity contribution < 1.29 is 18.7 Å². The molecule has 0 aromatic heterocycles. The second-order valence-corrected chi connectivity index (χ2v) is 5.25. The molecule has 1 amide bonds. The quantitative estimate of drug-likeness (QED) is 0.652. The Morgan fingerprint density at radius 2 is 1.96 bits per heavy atom. The molecule has 0 aliphatic carbocycles. The van der Waals surface area contributed by atoms with Gasteiger partial charge in [-0.1, -0.05) is 18.2 Å². The second kappa shape index (κ2) is 8.10. The number of carbonyl (C=O) groups excluding carboxylic acids is 1. The molecule has 0 heterocycles. The van der Waals surface area contributed by atoms with Gasteiger partial charge in [0.15, 0.2) is 11.5 Å². The molecule has 0 aliphatic heterocycles. The number of halogens is 1. The van der Waals surface area contributed by atoms with Crippen LogP contribution in [0.4, 0.5) is 4.39 Å². The first-order valence-corrected chi connectivity index (χ1v) is 7.44. The van der Waals surface area contributed by atoms with Gasteiger partial charge in [-0.05, 0) is 38.1 Å². The summed E-state index contributed by atoms with van der Waals surface area (Å²) in [5.41, 5.74) is 3.00. The molecule has 0 aliphatic rings. The van der Waals surface area contributed by atoms with Gasteiger partial charge in [-0.15, -0.1) is 0 Å². The summed E-state index contributed by atoms with van der Waals surface area (Å²) in [4.78, 5) is 12.1. The SMILES string of the molecule is COc1cc(C(=O)N/N=C/c2ccccc2F)ccc1OC(C)C. The highest BCUT2D eigenvalue weighted by Gasteiger charge is 2.11. The van der Waals surface area contributed by atoms with Crippen LogP contribution in [0.15, 0.2) is 47.6 Å². The molecular weight excluding hydrogens is 311 g/mol. The van der Waals surface area contributed by atoms with E-state index in [1.165, 1.54) is 19.4 Å². The van der Waals surface area contributed by atoms with Crippen LogP contribution in [0.1, 0.15) is 29.8 Å². The van der Waals surface area contributed by atoms with Gasteiger partial charge >= 0.3 is 0 Å². The van der Waals surface area contributed by atoms with E-state index < -0.39 is 11.7 Å². The number of nitrogens with zero attached hydrogens (tertiary/aromatic N) is 1. The van der Waals surface area contributed by atoms with Crippen molar-refractivity contribution in [3.63, 3.8) is 0 Å². The van der Waals surface area contributed by atoms with E-state index in [9.17, 15) is 9.18 Å². The number of hydrogen-bond donors (Lipinski definition) is 1. The van der Waals surface area contributed by atoms with Crippen molar-refractivity contribution in [3.05, 3.63) is 59.4 Å². The average molecular weight is 330 g/mol. The molecule has 6 heteroatoms. The number of nitrogens with one attached hydrogen (secondary N) is 1. The summed E-state index contributed by atoms with van der Waals surface area (Å²) >= 11 is 0. The van der Waals surface area contributed by atoms with Gasteiger partial charge < -0.3 is 9.47 Å². The third kappa shape index (κ3) is 4.55. The number of hydrazone groups is 1. The van der Waals surface area contributed by atoms with Crippen LogP contribution in [-0.4, -0.2) is 25.3 Å². The maximum absolute atomic E-state index is 13.4. The summed E-state index contributed by atoms with van der Waals surface area (Å²) < 4.78 is 24.3. The predicted octanol–water partition coefficient (Wildman–Crippen LogP) is 3.39. The Hall–Kier alpha value is -2.89. The van der Waals surface area contributed by atoms with Crippen LogP contribution in [0, 0.1) is 5.82 Å². The van der Waals surface area contributed by atoms with Gasteiger partial charge in [-0.25, -0.2) is 9.82 Å². The molecule has 2 aromatic carbocycles. The Kier molecular flexibility index (Phi) is 5.89. The van der Waals surface area contributed by atoms with Crippen LogP contribution in [-0.2, 0) is 0 Å². The maximum atomic E-state index is 13.4. The van der Waals surface area contributed by atoms with E-state index >= 15 is 0 Å².